The second kappa shape index (κ2) is 9.52. The average Bonchev–Trinajstić information content (AvgIpc) is 3.15. The number of methoxy groups -OCH3 is 1. The van der Waals surface area contributed by atoms with Crippen LogP contribution in [0.25, 0.3) is 10.2 Å². The van der Waals surface area contributed by atoms with Crippen molar-refractivity contribution in [3.05, 3.63) is 53.5 Å². The predicted molar refractivity (Wildman–Crippen MR) is 111 cm³/mol. The molecule has 2 aromatic carbocycles. The van der Waals surface area contributed by atoms with E-state index in [9.17, 15) is 4.79 Å². The molecule has 0 radical (unpaired) electrons. The van der Waals surface area contributed by atoms with Crippen LogP contribution in [0.15, 0.2) is 48.5 Å². The maximum Gasteiger partial charge on any atom is 0.275 e. The molecule has 0 aliphatic rings. The number of likely N-dealkylation sites (N-methyl/N-ethyl adjacent to an activating group) is 1. The molecular formula is C21H26N3O3S+. The fraction of sp³-hybridized carbons (Fsp3) is 0.333. The second-order valence-electron chi connectivity index (χ2n) is 6.61. The van der Waals surface area contributed by atoms with E-state index in [4.69, 9.17) is 14.5 Å². The number of nitrogens with one attached hydrogen (secondary N) is 2. The number of hydrogen-bond acceptors (Lipinski definition) is 5. The summed E-state index contributed by atoms with van der Waals surface area (Å²) in [5, 5.41) is 3.96. The van der Waals surface area contributed by atoms with E-state index < -0.39 is 0 Å². The molecule has 6 nitrogen and oxygen atoms in total. The first kappa shape index (κ1) is 20.1. The molecule has 2 N–H and O–H groups in total. The van der Waals surface area contributed by atoms with Gasteiger partial charge in [-0.3, -0.25) is 4.79 Å². The van der Waals surface area contributed by atoms with Gasteiger partial charge in [0.15, 0.2) is 23.1 Å². The van der Waals surface area contributed by atoms with E-state index in [2.05, 4.69) is 18.3 Å². The van der Waals surface area contributed by atoms with E-state index in [1.807, 2.05) is 49.5 Å². The number of para-hydroxylation sites is 3. The Kier molecular flexibility index (Phi) is 6.84. The van der Waals surface area contributed by atoms with Crippen LogP contribution in [0, 0.1) is 0 Å². The Morgan fingerprint density at radius 2 is 1.89 bits per heavy atom. The lowest BCUT2D eigenvalue weighted by Gasteiger charge is -2.19. The number of rotatable bonds is 9. The van der Waals surface area contributed by atoms with E-state index in [1.165, 1.54) is 4.70 Å². The summed E-state index contributed by atoms with van der Waals surface area (Å²) in [7, 11) is 3.62. The van der Waals surface area contributed by atoms with Crippen molar-refractivity contribution in [3.8, 4) is 11.5 Å². The zero-order chi connectivity index (χ0) is 19.9. The maximum absolute atomic E-state index is 12.3. The summed E-state index contributed by atoms with van der Waals surface area (Å²) in [6, 6.07) is 15.7. The Morgan fingerprint density at radius 1 is 1.18 bits per heavy atom. The molecule has 0 spiro atoms. The lowest BCUT2D eigenvalue weighted by atomic mass is 10.3. The van der Waals surface area contributed by atoms with E-state index in [0.717, 1.165) is 15.4 Å². The van der Waals surface area contributed by atoms with Gasteiger partial charge in [-0.05, 0) is 31.2 Å². The topological polar surface area (TPSA) is 64.9 Å². The lowest BCUT2D eigenvalue weighted by Crippen LogP contribution is -3.10. The predicted octanol–water partition coefficient (Wildman–Crippen LogP) is 2.08. The molecule has 0 saturated heterocycles. The molecule has 7 heteroatoms. The van der Waals surface area contributed by atoms with Crippen LogP contribution in [0.5, 0.6) is 11.5 Å². The molecular weight excluding hydrogens is 374 g/mol. The molecule has 28 heavy (non-hydrogen) atoms. The van der Waals surface area contributed by atoms with E-state index in [0.29, 0.717) is 31.2 Å². The number of quaternary nitrogens is 1. The van der Waals surface area contributed by atoms with Crippen molar-refractivity contribution >= 4 is 27.5 Å². The third-order valence-corrected chi connectivity index (χ3v) is 5.83. The third kappa shape index (κ3) is 4.99. The largest absolute Gasteiger partial charge is 0.493 e. The van der Waals surface area contributed by atoms with Crippen LogP contribution in [0.2, 0.25) is 0 Å². The Balaban J connectivity index is 1.45. The normalized spacial score (nSPS) is 13.1. The summed E-state index contributed by atoms with van der Waals surface area (Å²) in [4.78, 5) is 18.1. The first-order valence-electron chi connectivity index (χ1n) is 9.28. The second-order valence-corrected chi connectivity index (χ2v) is 7.68. The van der Waals surface area contributed by atoms with E-state index in [1.54, 1.807) is 18.4 Å². The average molecular weight is 401 g/mol. The molecule has 1 aromatic heterocycles. The van der Waals surface area contributed by atoms with Gasteiger partial charge in [-0.1, -0.05) is 24.3 Å². The Labute approximate surface area is 169 Å². The van der Waals surface area contributed by atoms with Crippen molar-refractivity contribution in [1.29, 1.82) is 0 Å². The van der Waals surface area contributed by atoms with Gasteiger partial charge in [-0.2, -0.15) is 0 Å². The van der Waals surface area contributed by atoms with Crippen LogP contribution in [-0.4, -0.2) is 44.7 Å². The summed E-state index contributed by atoms with van der Waals surface area (Å²) < 4.78 is 12.1. The standard InChI is InChI=1S/C21H25N3O3S/c1-15(21-23-16-8-4-7-11-19(16)28-21)24(2)14-20(25)22-12-13-27-18-10-6-5-9-17(18)26-3/h4-11,15H,12-14H2,1-3H3,(H,22,25)/p+1/t15-/m0/s1. The van der Waals surface area contributed by atoms with Gasteiger partial charge in [0, 0.05) is 0 Å². The van der Waals surface area contributed by atoms with Crippen LogP contribution >= 0.6 is 11.3 Å². The van der Waals surface area contributed by atoms with E-state index >= 15 is 0 Å². The fourth-order valence-corrected chi connectivity index (χ4v) is 3.96. The third-order valence-electron chi connectivity index (χ3n) is 4.61. The Bertz CT molecular complexity index is 895. The SMILES string of the molecule is COc1ccccc1OCCNC(=O)C[NH+](C)[C@@H](C)c1nc2ccccc2s1. The van der Waals surface area contributed by atoms with Crippen molar-refractivity contribution < 1.29 is 19.2 Å². The van der Waals surface area contributed by atoms with Crippen molar-refractivity contribution in [2.24, 2.45) is 0 Å². The molecule has 0 bridgehead atoms. The summed E-state index contributed by atoms with van der Waals surface area (Å²) >= 11 is 1.69. The van der Waals surface area contributed by atoms with Gasteiger partial charge in [-0.25, -0.2) is 4.98 Å². The maximum atomic E-state index is 12.3. The van der Waals surface area contributed by atoms with Crippen LogP contribution in [-0.2, 0) is 4.79 Å². The number of amides is 1. The monoisotopic (exact) mass is 400 g/mol. The summed E-state index contributed by atoms with van der Waals surface area (Å²) in [6.07, 6.45) is 0. The highest BCUT2D eigenvalue weighted by molar-refractivity contribution is 7.18. The van der Waals surface area contributed by atoms with Crippen LogP contribution in [0.4, 0.5) is 0 Å². The van der Waals surface area contributed by atoms with Crippen molar-refractivity contribution in [3.63, 3.8) is 0 Å². The number of carbonyl (C=O) groups excluding carboxylic acids is 1. The highest BCUT2D eigenvalue weighted by Gasteiger charge is 2.21. The van der Waals surface area contributed by atoms with Gasteiger partial charge in [0.2, 0.25) is 0 Å². The quantitative estimate of drug-likeness (QED) is 0.540. The van der Waals surface area contributed by atoms with Gasteiger partial charge in [0.1, 0.15) is 12.6 Å². The highest BCUT2D eigenvalue weighted by atomic mass is 32.1. The van der Waals surface area contributed by atoms with Crippen LogP contribution in [0.3, 0.4) is 0 Å². The smallest absolute Gasteiger partial charge is 0.275 e. The first-order chi connectivity index (χ1) is 13.6. The van der Waals surface area contributed by atoms with Gasteiger partial charge >= 0.3 is 0 Å². The number of thiazole rings is 1. The van der Waals surface area contributed by atoms with Crippen LogP contribution in [0.1, 0.15) is 18.0 Å². The van der Waals surface area contributed by atoms with Gasteiger partial charge in [0.25, 0.3) is 5.91 Å². The zero-order valence-corrected chi connectivity index (χ0v) is 17.2. The van der Waals surface area contributed by atoms with Crippen LogP contribution < -0.4 is 19.7 Å². The molecule has 1 heterocycles. The lowest BCUT2D eigenvalue weighted by molar-refractivity contribution is -0.902. The zero-order valence-electron chi connectivity index (χ0n) is 16.4. The first-order valence-corrected chi connectivity index (χ1v) is 10.1. The fourth-order valence-electron chi connectivity index (χ4n) is 2.84. The molecule has 0 aliphatic heterocycles. The van der Waals surface area contributed by atoms with Gasteiger partial charge < -0.3 is 19.7 Å². The van der Waals surface area contributed by atoms with Crippen molar-refractivity contribution in [2.75, 3.05) is 33.9 Å². The minimum absolute atomic E-state index is 0.00547. The molecule has 148 valence electrons. The summed E-state index contributed by atoms with van der Waals surface area (Å²) in [5.74, 6) is 1.35. The molecule has 1 amide bonds. The number of aromatic nitrogens is 1. The number of nitrogens with zero attached hydrogens (tertiary/aromatic N) is 1. The Hall–Kier alpha value is -2.64. The molecule has 0 saturated carbocycles. The summed E-state index contributed by atoms with van der Waals surface area (Å²) in [6.45, 7) is 3.31. The number of fused-ring (bicyclic) bond motifs is 1. The van der Waals surface area contributed by atoms with Crippen molar-refractivity contribution in [1.82, 2.24) is 10.3 Å². The van der Waals surface area contributed by atoms with Crippen molar-refractivity contribution in [2.45, 2.75) is 13.0 Å². The Morgan fingerprint density at radius 3 is 2.64 bits per heavy atom. The molecule has 1 unspecified atom stereocenters. The molecule has 0 aliphatic carbocycles. The summed E-state index contributed by atoms with van der Waals surface area (Å²) in [5.41, 5.74) is 1.01. The molecule has 0 fully saturated rings. The van der Waals surface area contributed by atoms with Gasteiger partial charge in [0.05, 0.1) is 30.9 Å². The number of hydrogen-bond donors (Lipinski definition) is 2. The molecule has 2 atom stereocenters. The van der Waals surface area contributed by atoms with Gasteiger partial charge in [-0.15, -0.1) is 11.3 Å². The number of benzene rings is 2. The molecule has 3 rings (SSSR count). The minimum atomic E-state index is -0.00547. The number of ether oxygens (including phenoxy) is 2. The highest BCUT2D eigenvalue weighted by Crippen LogP contribution is 2.25. The minimum Gasteiger partial charge on any atom is -0.493 e. The molecule has 3 aromatic rings. The van der Waals surface area contributed by atoms with E-state index in [-0.39, 0.29) is 11.9 Å². The number of carbonyl (C=O) groups is 1.